The first kappa shape index (κ1) is 16.5. The second-order valence-corrected chi connectivity index (χ2v) is 5.58. The summed E-state index contributed by atoms with van der Waals surface area (Å²) in [5.41, 5.74) is 0. The highest BCUT2D eigenvalue weighted by atomic mass is 32.1. The van der Waals surface area contributed by atoms with Crippen molar-refractivity contribution in [3.63, 3.8) is 0 Å². The smallest absolute Gasteiger partial charge is 0.317 e. The van der Waals surface area contributed by atoms with Gasteiger partial charge in [0.25, 0.3) is 0 Å². The van der Waals surface area contributed by atoms with Gasteiger partial charge in [-0.25, -0.2) is 4.79 Å². The topological polar surface area (TPSA) is 69.6 Å². The molecule has 2 amide bonds. The van der Waals surface area contributed by atoms with Crippen LogP contribution in [0.2, 0.25) is 0 Å². The Morgan fingerprint density at radius 2 is 2.20 bits per heavy atom. The zero-order chi connectivity index (χ0) is 14.8. The van der Waals surface area contributed by atoms with E-state index in [4.69, 9.17) is 5.11 Å². The molecule has 1 aromatic rings. The molecule has 1 rings (SSSR count). The number of carbonyl (C=O) groups is 2. The van der Waals surface area contributed by atoms with E-state index in [0.29, 0.717) is 19.5 Å². The molecule has 0 unspecified atom stereocenters. The number of hydrogen-bond acceptors (Lipinski definition) is 3. The van der Waals surface area contributed by atoms with E-state index in [1.165, 1.54) is 4.88 Å². The van der Waals surface area contributed by atoms with Crippen molar-refractivity contribution >= 4 is 23.3 Å². The van der Waals surface area contributed by atoms with Crippen LogP contribution in [-0.4, -0.2) is 41.6 Å². The van der Waals surface area contributed by atoms with Gasteiger partial charge in [-0.2, -0.15) is 0 Å². The fourth-order valence-corrected chi connectivity index (χ4v) is 2.53. The van der Waals surface area contributed by atoms with Crippen LogP contribution >= 0.6 is 11.3 Å². The summed E-state index contributed by atoms with van der Waals surface area (Å²) in [4.78, 5) is 25.5. The molecule has 1 heterocycles. The molecule has 2 N–H and O–H groups in total. The van der Waals surface area contributed by atoms with Gasteiger partial charge in [0.15, 0.2) is 0 Å². The Balaban J connectivity index is 2.31. The summed E-state index contributed by atoms with van der Waals surface area (Å²) in [7, 11) is 0. The first-order valence-electron chi connectivity index (χ1n) is 6.90. The van der Waals surface area contributed by atoms with Gasteiger partial charge in [0.05, 0.1) is 0 Å². The van der Waals surface area contributed by atoms with Crippen molar-refractivity contribution < 1.29 is 14.7 Å². The molecule has 0 aliphatic heterocycles. The Kier molecular flexibility index (Phi) is 7.72. The van der Waals surface area contributed by atoms with Crippen LogP contribution in [0.1, 0.15) is 31.1 Å². The van der Waals surface area contributed by atoms with E-state index in [0.717, 1.165) is 19.4 Å². The standard InChI is InChI=1S/C14H22N2O3S/c1-2-9-16(10-7-12-5-4-11-20-12)14(19)15-8-3-6-13(17)18/h4-5,11H,2-3,6-10H2,1H3,(H,15,19)(H,17,18). The largest absolute Gasteiger partial charge is 0.481 e. The van der Waals surface area contributed by atoms with Crippen LogP contribution in [0.3, 0.4) is 0 Å². The SMILES string of the molecule is CCCN(CCc1cccs1)C(=O)NCCCC(=O)O. The van der Waals surface area contributed by atoms with Crippen LogP contribution in [0.15, 0.2) is 17.5 Å². The summed E-state index contributed by atoms with van der Waals surface area (Å²) < 4.78 is 0. The minimum Gasteiger partial charge on any atom is -0.481 e. The predicted molar refractivity (Wildman–Crippen MR) is 80.2 cm³/mol. The highest BCUT2D eigenvalue weighted by Crippen LogP contribution is 2.10. The van der Waals surface area contributed by atoms with Gasteiger partial charge in [-0.05, 0) is 30.7 Å². The second-order valence-electron chi connectivity index (χ2n) is 4.55. The molecule has 0 atom stereocenters. The van der Waals surface area contributed by atoms with E-state index >= 15 is 0 Å². The molecule has 112 valence electrons. The normalized spacial score (nSPS) is 10.2. The first-order valence-corrected chi connectivity index (χ1v) is 7.78. The van der Waals surface area contributed by atoms with Crippen LogP contribution in [0, 0.1) is 0 Å². The minimum atomic E-state index is -0.831. The summed E-state index contributed by atoms with van der Waals surface area (Å²) in [6, 6.07) is 3.98. The lowest BCUT2D eigenvalue weighted by Crippen LogP contribution is -2.41. The molecule has 0 saturated heterocycles. The van der Waals surface area contributed by atoms with E-state index in [9.17, 15) is 9.59 Å². The maximum atomic E-state index is 12.0. The zero-order valence-electron chi connectivity index (χ0n) is 11.8. The molecule has 6 heteroatoms. The van der Waals surface area contributed by atoms with Gasteiger partial charge in [-0.15, -0.1) is 11.3 Å². The fraction of sp³-hybridized carbons (Fsp3) is 0.571. The van der Waals surface area contributed by atoms with Gasteiger partial charge in [0.2, 0.25) is 0 Å². The summed E-state index contributed by atoms with van der Waals surface area (Å²) in [5, 5.41) is 13.4. The molecule has 0 spiro atoms. The molecule has 0 saturated carbocycles. The van der Waals surface area contributed by atoms with Gasteiger partial charge in [-0.3, -0.25) is 4.79 Å². The number of carbonyl (C=O) groups excluding carboxylic acids is 1. The van der Waals surface area contributed by atoms with E-state index in [-0.39, 0.29) is 12.5 Å². The molecule has 20 heavy (non-hydrogen) atoms. The molecule has 0 fully saturated rings. The van der Waals surface area contributed by atoms with Gasteiger partial charge in [-0.1, -0.05) is 13.0 Å². The Morgan fingerprint density at radius 3 is 2.80 bits per heavy atom. The number of carboxylic acids is 1. The molecular formula is C14H22N2O3S. The van der Waals surface area contributed by atoms with Crippen LogP contribution < -0.4 is 5.32 Å². The lowest BCUT2D eigenvalue weighted by atomic mass is 10.3. The Hall–Kier alpha value is -1.56. The third-order valence-electron chi connectivity index (χ3n) is 2.83. The summed E-state index contributed by atoms with van der Waals surface area (Å²) in [6.45, 7) is 3.86. The predicted octanol–water partition coefficient (Wildman–Crippen LogP) is 2.58. The Bertz CT molecular complexity index is 407. The number of rotatable bonds is 9. The van der Waals surface area contributed by atoms with Crippen molar-refractivity contribution in [1.82, 2.24) is 10.2 Å². The van der Waals surface area contributed by atoms with Gasteiger partial charge < -0.3 is 15.3 Å². The molecule has 5 nitrogen and oxygen atoms in total. The Labute approximate surface area is 123 Å². The van der Waals surface area contributed by atoms with Gasteiger partial charge in [0, 0.05) is 30.9 Å². The summed E-state index contributed by atoms with van der Waals surface area (Å²) in [6.07, 6.45) is 2.32. The van der Waals surface area contributed by atoms with E-state index in [2.05, 4.69) is 11.4 Å². The zero-order valence-corrected chi connectivity index (χ0v) is 12.6. The number of carboxylic acid groups (broad SMARTS) is 1. The van der Waals surface area contributed by atoms with Gasteiger partial charge >= 0.3 is 12.0 Å². The average Bonchev–Trinajstić information content (AvgIpc) is 2.92. The molecule has 0 bridgehead atoms. The quantitative estimate of drug-likeness (QED) is 0.688. The van der Waals surface area contributed by atoms with Crippen LogP contribution in [-0.2, 0) is 11.2 Å². The molecule has 0 aliphatic rings. The monoisotopic (exact) mass is 298 g/mol. The lowest BCUT2D eigenvalue weighted by Gasteiger charge is -2.22. The first-order chi connectivity index (χ1) is 9.63. The van der Waals surface area contributed by atoms with Crippen LogP contribution in [0.25, 0.3) is 0 Å². The number of aliphatic carboxylic acids is 1. The summed E-state index contributed by atoms with van der Waals surface area (Å²) in [5.74, 6) is -0.831. The minimum absolute atomic E-state index is 0.0866. The van der Waals surface area contributed by atoms with Crippen LogP contribution in [0.4, 0.5) is 4.79 Å². The van der Waals surface area contributed by atoms with Crippen molar-refractivity contribution in [2.45, 2.75) is 32.6 Å². The highest BCUT2D eigenvalue weighted by molar-refractivity contribution is 7.09. The van der Waals surface area contributed by atoms with Crippen molar-refractivity contribution in [2.24, 2.45) is 0 Å². The van der Waals surface area contributed by atoms with Gasteiger partial charge in [0.1, 0.15) is 0 Å². The highest BCUT2D eigenvalue weighted by Gasteiger charge is 2.12. The summed E-state index contributed by atoms with van der Waals surface area (Å²) >= 11 is 1.70. The maximum Gasteiger partial charge on any atom is 0.317 e. The van der Waals surface area contributed by atoms with Crippen molar-refractivity contribution in [1.29, 1.82) is 0 Å². The number of nitrogens with zero attached hydrogens (tertiary/aromatic N) is 1. The Morgan fingerprint density at radius 1 is 1.40 bits per heavy atom. The van der Waals surface area contributed by atoms with Crippen molar-refractivity contribution in [3.05, 3.63) is 22.4 Å². The molecule has 0 aromatic carbocycles. The van der Waals surface area contributed by atoms with E-state index in [1.54, 1.807) is 16.2 Å². The maximum absolute atomic E-state index is 12.0. The number of nitrogens with one attached hydrogen (secondary N) is 1. The lowest BCUT2D eigenvalue weighted by molar-refractivity contribution is -0.137. The average molecular weight is 298 g/mol. The molecule has 0 aliphatic carbocycles. The molecular weight excluding hydrogens is 276 g/mol. The van der Waals surface area contributed by atoms with Crippen molar-refractivity contribution in [3.8, 4) is 0 Å². The number of amides is 2. The second kappa shape index (κ2) is 9.36. The van der Waals surface area contributed by atoms with Crippen LogP contribution in [0.5, 0.6) is 0 Å². The van der Waals surface area contributed by atoms with Crippen molar-refractivity contribution in [2.75, 3.05) is 19.6 Å². The third-order valence-corrected chi connectivity index (χ3v) is 3.77. The molecule has 1 aromatic heterocycles. The van der Waals surface area contributed by atoms with E-state index in [1.807, 2.05) is 18.4 Å². The number of hydrogen-bond donors (Lipinski definition) is 2. The molecule has 0 radical (unpaired) electrons. The van der Waals surface area contributed by atoms with E-state index < -0.39 is 5.97 Å². The third kappa shape index (κ3) is 6.56. The number of urea groups is 1. The fourth-order valence-electron chi connectivity index (χ4n) is 1.83. The number of thiophene rings is 1.